The van der Waals surface area contributed by atoms with Crippen LogP contribution in [0.4, 0.5) is 4.39 Å². The summed E-state index contributed by atoms with van der Waals surface area (Å²) in [6.07, 6.45) is 0.456. The van der Waals surface area contributed by atoms with E-state index in [1.54, 1.807) is 6.07 Å². The van der Waals surface area contributed by atoms with Crippen molar-refractivity contribution < 1.29 is 13.7 Å². The van der Waals surface area contributed by atoms with E-state index in [0.29, 0.717) is 18.1 Å². The molecule has 150 valence electrons. The minimum atomic E-state index is -0.561. The molecule has 0 bridgehead atoms. The van der Waals surface area contributed by atoms with Crippen molar-refractivity contribution in [3.05, 3.63) is 107 Å². The number of carbonyl (C=O) groups excluding carboxylic acids is 1. The van der Waals surface area contributed by atoms with E-state index in [1.807, 2.05) is 61.5 Å². The monoisotopic (exact) mass is 401 g/mol. The quantitative estimate of drug-likeness (QED) is 0.499. The van der Waals surface area contributed by atoms with Crippen LogP contribution in [0.5, 0.6) is 0 Å². The molecule has 0 fully saturated rings. The lowest BCUT2D eigenvalue weighted by molar-refractivity contribution is 0.0927. The van der Waals surface area contributed by atoms with Gasteiger partial charge in [-0.15, -0.1) is 0 Å². The van der Waals surface area contributed by atoms with Crippen molar-refractivity contribution in [2.24, 2.45) is 0 Å². The van der Waals surface area contributed by atoms with Crippen LogP contribution in [0.25, 0.3) is 11.4 Å². The zero-order valence-electron chi connectivity index (χ0n) is 16.4. The van der Waals surface area contributed by atoms with Gasteiger partial charge in [0.05, 0.1) is 0 Å². The predicted molar refractivity (Wildman–Crippen MR) is 111 cm³/mol. The second-order valence-corrected chi connectivity index (χ2v) is 7.05. The summed E-state index contributed by atoms with van der Waals surface area (Å²) in [6, 6.07) is 22.5. The van der Waals surface area contributed by atoms with Gasteiger partial charge in [-0.3, -0.25) is 4.79 Å². The Morgan fingerprint density at radius 2 is 1.83 bits per heavy atom. The molecule has 5 nitrogen and oxygen atoms in total. The van der Waals surface area contributed by atoms with Crippen LogP contribution >= 0.6 is 0 Å². The fourth-order valence-electron chi connectivity index (χ4n) is 3.20. The Kier molecular flexibility index (Phi) is 5.66. The van der Waals surface area contributed by atoms with Crippen LogP contribution < -0.4 is 5.32 Å². The zero-order chi connectivity index (χ0) is 20.9. The van der Waals surface area contributed by atoms with Crippen LogP contribution in [0.2, 0.25) is 0 Å². The first kappa shape index (κ1) is 19.5. The Labute approximate surface area is 173 Å². The highest BCUT2D eigenvalue weighted by Crippen LogP contribution is 2.22. The first-order valence-corrected chi connectivity index (χ1v) is 9.59. The van der Waals surface area contributed by atoms with Gasteiger partial charge in [-0.05, 0) is 36.8 Å². The molecule has 1 atom stereocenters. The van der Waals surface area contributed by atoms with Crippen molar-refractivity contribution in [3.8, 4) is 11.4 Å². The Balaban J connectivity index is 1.63. The molecule has 1 heterocycles. The fourth-order valence-corrected chi connectivity index (χ4v) is 3.20. The van der Waals surface area contributed by atoms with E-state index in [1.165, 1.54) is 18.2 Å². The minimum Gasteiger partial charge on any atom is -0.340 e. The Morgan fingerprint density at radius 1 is 1.03 bits per heavy atom. The Morgan fingerprint density at radius 3 is 2.60 bits per heavy atom. The number of carbonyl (C=O) groups is 1. The van der Waals surface area contributed by atoms with E-state index in [9.17, 15) is 9.18 Å². The first-order valence-electron chi connectivity index (χ1n) is 9.59. The van der Waals surface area contributed by atoms with Gasteiger partial charge in [-0.1, -0.05) is 65.3 Å². The molecule has 1 amide bonds. The highest BCUT2D eigenvalue weighted by atomic mass is 19.1. The maximum absolute atomic E-state index is 13.5. The number of nitrogens with zero attached hydrogens (tertiary/aromatic N) is 2. The van der Waals surface area contributed by atoms with Crippen molar-refractivity contribution in [1.82, 2.24) is 15.5 Å². The van der Waals surface area contributed by atoms with Crippen LogP contribution in [-0.4, -0.2) is 16.0 Å². The van der Waals surface area contributed by atoms with Crippen LogP contribution in [-0.2, 0) is 6.42 Å². The highest BCUT2D eigenvalue weighted by molar-refractivity contribution is 5.94. The average molecular weight is 401 g/mol. The minimum absolute atomic E-state index is 0.228. The molecule has 1 aromatic heterocycles. The van der Waals surface area contributed by atoms with Gasteiger partial charge in [0.2, 0.25) is 11.7 Å². The number of rotatable bonds is 6. The molecule has 0 spiro atoms. The second-order valence-electron chi connectivity index (χ2n) is 7.05. The number of nitrogens with one attached hydrogen (secondary N) is 1. The van der Waals surface area contributed by atoms with Crippen LogP contribution in [0, 0.1) is 12.7 Å². The van der Waals surface area contributed by atoms with Crippen molar-refractivity contribution in [1.29, 1.82) is 0 Å². The van der Waals surface area contributed by atoms with E-state index in [-0.39, 0.29) is 5.56 Å². The second kappa shape index (κ2) is 8.69. The predicted octanol–water partition coefficient (Wildman–Crippen LogP) is 4.90. The SMILES string of the molecule is Cc1cccc(-c2noc([C@H](Cc3ccccc3)NC(=O)c3cccc(F)c3)n2)c1. The van der Waals surface area contributed by atoms with Crippen molar-refractivity contribution >= 4 is 5.91 Å². The van der Waals surface area contributed by atoms with Gasteiger partial charge in [0.25, 0.3) is 5.91 Å². The van der Waals surface area contributed by atoms with E-state index in [2.05, 4.69) is 15.5 Å². The number of halogens is 1. The average Bonchev–Trinajstić information content (AvgIpc) is 3.24. The summed E-state index contributed by atoms with van der Waals surface area (Å²) in [7, 11) is 0. The van der Waals surface area contributed by atoms with Crippen molar-refractivity contribution in [2.75, 3.05) is 0 Å². The van der Waals surface area contributed by atoms with Gasteiger partial charge in [-0.25, -0.2) is 4.39 Å². The molecular formula is C24H20FN3O2. The first-order chi connectivity index (χ1) is 14.6. The molecule has 1 N–H and O–H groups in total. The van der Waals surface area contributed by atoms with Gasteiger partial charge < -0.3 is 9.84 Å². The largest absolute Gasteiger partial charge is 0.340 e. The summed E-state index contributed by atoms with van der Waals surface area (Å²) in [5.74, 6) is -0.139. The topological polar surface area (TPSA) is 68.0 Å². The maximum Gasteiger partial charge on any atom is 0.252 e. The van der Waals surface area contributed by atoms with Gasteiger partial charge >= 0.3 is 0 Å². The number of aromatic nitrogens is 2. The van der Waals surface area contributed by atoms with Crippen LogP contribution in [0.1, 0.15) is 33.4 Å². The normalized spacial score (nSPS) is 11.8. The molecule has 0 saturated carbocycles. The molecule has 4 rings (SSSR count). The smallest absolute Gasteiger partial charge is 0.252 e. The molecule has 4 aromatic rings. The molecule has 0 unspecified atom stereocenters. The summed E-state index contributed by atoms with van der Waals surface area (Å²) in [6.45, 7) is 1.99. The number of hydrogen-bond donors (Lipinski definition) is 1. The highest BCUT2D eigenvalue weighted by Gasteiger charge is 2.23. The number of aryl methyl sites for hydroxylation is 1. The lowest BCUT2D eigenvalue weighted by Crippen LogP contribution is -2.30. The van der Waals surface area contributed by atoms with E-state index >= 15 is 0 Å². The van der Waals surface area contributed by atoms with Gasteiger partial charge in [0, 0.05) is 17.5 Å². The summed E-state index contributed by atoms with van der Waals surface area (Å²) in [5, 5.41) is 6.99. The number of hydrogen-bond acceptors (Lipinski definition) is 4. The molecule has 0 radical (unpaired) electrons. The van der Waals surface area contributed by atoms with Gasteiger partial charge in [0.15, 0.2) is 0 Å². The van der Waals surface area contributed by atoms with Crippen molar-refractivity contribution in [3.63, 3.8) is 0 Å². The third kappa shape index (κ3) is 4.60. The standard InChI is InChI=1S/C24H20FN3O2/c1-16-7-5-10-18(13-16)22-27-24(30-28-22)21(14-17-8-3-2-4-9-17)26-23(29)19-11-6-12-20(25)15-19/h2-13,15,21H,14H2,1H3,(H,26,29)/t21-/m0/s1. The summed E-state index contributed by atoms with van der Waals surface area (Å²) in [4.78, 5) is 17.2. The number of amides is 1. The molecule has 0 saturated heterocycles. The summed E-state index contributed by atoms with van der Waals surface area (Å²) in [5.41, 5.74) is 3.14. The fraction of sp³-hybridized carbons (Fsp3) is 0.125. The maximum atomic E-state index is 13.5. The third-order valence-electron chi connectivity index (χ3n) is 4.69. The molecule has 6 heteroatoms. The number of benzene rings is 3. The zero-order valence-corrected chi connectivity index (χ0v) is 16.4. The molecule has 0 aliphatic carbocycles. The van der Waals surface area contributed by atoms with Gasteiger partial charge in [-0.2, -0.15) is 4.98 Å². The summed E-state index contributed by atoms with van der Waals surface area (Å²) >= 11 is 0. The van der Waals surface area contributed by atoms with Crippen molar-refractivity contribution in [2.45, 2.75) is 19.4 Å². The molecular weight excluding hydrogens is 381 g/mol. The lowest BCUT2D eigenvalue weighted by Gasteiger charge is -2.15. The molecule has 0 aliphatic rings. The van der Waals surface area contributed by atoms with E-state index in [0.717, 1.165) is 16.7 Å². The Hall–Kier alpha value is -3.80. The van der Waals surface area contributed by atoms with Crippen LogP contribution in [0.15, 0.2) is 83.4 Å². The molecule has 30 heavy (non-hydrogen) atoms. The third-order valence-corrected chi connectivity index (χ3v) is 4.69. The van der Waals surface area contributed by atoms with Gasteiger partial charge in [0.1, 0.15) is 11.9 Å². The van der Waals surface area contributed by atoms with Crippen LogP contribution in [0.3, 0.4) is 0 Å². The van der Waals surface area contributed by atoms with E-state index in [4.69, 9.17) is 4.52 Å². The molecule has 3 aromatic carbocycles. The Bertz CT molecular complexity index is 1160. The molecule has 0 aliphatic heterocycles. The summed E-state index contributed by atoms with van der Waals surface area (Å²) < 4.78 is 19.0. The van der Waals surface area contributed by atoms with E-state index < -0.39 is 17.8 Å². The lowest BCUT2D eigenvalue weighted by atomic mass is 10.0.